The van der Waals surface area contributed by atoms with Gasteiger partial charge in [-0.15, -0.1) is 0 Å². The van der Waals surface area contributed by atoms with Crippen LogP contribution >= 0.6 is 7.82 Å². The number of amides is 1. The average molecular weight is 1170 g/mol. The van der Waals surface area contributed by atoms with Crippen LogP contribution in [0.3, 0.4) is 0 Å². The van der Waals surface area contributed by atoms with E-state index in [1.165, 1.54) is 180 Å². The number of hydrogen-bond donors (Lipinski definition) is 2. The Kier molecular flexibility index (Phi) is 61.0. The summed E-state index contributed by atoms with van der Waals surface area (Å²) < 4.78 is 23.5. The molecule has 0 bridgehead atoms. The van der Waals surface area contributed by atoms with Crippen LogP contribution in [0.5, 0.6) is 0 Å². The highest BCUT2D eigenvalue weighted by molar-refractivity contribution is 7.45. The number of carbonyl (C=O) groups excluding carboxylic acids is 1. The molecule has 0 aromatic carbocycles. The maximum Gasteiger partial charge on any atom is 0.268 e. The van der Waals surface area contributed by atoms with Crippen LogP contribution in [-0.2, 0) is 18.4 Å². The maximum atomic E-state index is 13.0. The summed E-state index contributed by atoms with van der Waals surface area (Å²) in [5.74, 6) is -0.189. The number of phosphoric acid groups is 1. The molecule has 0 radical (unpaired) electrons. The zero-order chi connectivity index (χ0) is 59.8. The normalized spacial score (nSPS) is 14.3. The average Bonchev–Trinajstić information content (AvgIpc) is 3.47. The molecule has 9 heteroatoms. The standard InChI is InChI=1S/C73H133N2O6P/c1-6-8-10-12-14-16-18-20-22-24-26-28-30-32-34-36-37-39-40-42-44-46-48-50-52-54-56-58-60-62-64-66-72(76)71(70-81-82(78,79)80-69-68-75(3,4)5)74-73(77)67-65-63-61-59-57-55-53-51-49-47-45-43-41-38-35-33-31-29-27-25-23-21-19-17-15-13-11-9-7-2/h9,11,15,17,21,23,27,29,33,35,41,43,47,49,53,55,71-72,76H,6-8,10,12-14,16,18-20,22,24-26,28,30-32,34,36-40,42,44-46,48,50-52,54,56-70H2,1-5H3,(H-,74,77,78,79)/b11-9-,17-15-,23-21-,29-27-,35-33-,43-41-,49-47-,55-53-. The van der Waals surface area contributed by atoms with Gasteiger partial charge in [0.2, 0.25) is 5.91 Å². The van der Waals surface area contributed by atoms with Gasteiger partial charge in [-0.25, -0.2) is 0 Å². The number of phosphoric ester groups is 1. The summed E-state index contributed by atoms with van der Waals surface area (Å²) in [6, 6.07) is -0.824. The van der Waals surface area contributed by atoms with Crippen molar-refractivity contribution >= 4 is 13.7 Å². The van der Waals surface area contributed by atoms with E-state index in [9.17, 15) is 19.4 Å². The number of hydrogen-bond acceptors (Lipinski definition) is 6. The van der Waals surface area contributed by atoms with Gasteiger partial charge >= 0.3 is 0 Å². The lowest BCUT2D eigenvalue weighted by Gasteiger charge is -2.30. The summed E-state index contributed by atoms with van der Waals surface area (Å²) in [5, 5.41) is 14.1. The SMILES string of the molecule is CC/C=C\C/C=C\C/C=C\C/C=C\C/C=C\C/C=C\C/C=C\C/C=C\CCCCCCC(=O)NC(COP(=O)([O-])OCC[N+](C)(C)C)C(O)CCCCCCCCCCCCCCCCCCCCCCCCCCCCCCCCC. The Bertz CT molecular complexity index is 1660. The molecule has 3 unspecified atom stereocenters. The molecule has 0 saturated heterocycles. The Hall–Kier alpha value is -2.58. The van der Waals surface area contributed by atoms with Crippen molar-refractivity contribution < 1.29 is 32.9 Å². The van der Waals surface area contributed by atoms with E-state index in [1.54, 1.807) is 0 Å². The number of likely N-dealkylation sites (N-methyl/N-ethyl adjacent to an activating group) is 1. The second-order valence-electron chi connectivity index (χ2n) is 24.5. The number of aliphatic hydroxyl groups excluding tert-OH is 1. The van der Waals surface area contributed by atoms with E-state index in [1.807, 2.05) is 21.1 Å². The minimum Gasteiger partial charge on any atom is -0.756 e. The zero-order valence-corrected chi connectivity index (χ0v) is 55.3. The number of nitrogens with one attached hydrogen (secondary N) is 1. The summed E-state index contributed by atoms with van der Waals surface area (Å²) in [4.78, 5) is 25.7. The van der Waals surface area contributed by atoms with Gasteiger partial charge in [-0.2, -0.15) is 0 Å². The van der Waals surface area contributed by atoms with Crippen LogP contribution in [0.15, 0.2) is 97.2 Å². The first-order valence-electron chi connectivity index (χ1n) is 34.6. The number of nitrogens with zero attached hydrogens (tertiary/aromatic N) is 1. The van der Waals surface area contributed by atoms with Crippen molar-refractivity contribution in [1.29, 1.82) is 0 Å². The molecule has 1 amide bonds. The van der Waals surface area contributed by atoms with E-state index in [-0.39, 0.29) is 19.1 Å². The Balaban J connectivity index is 4.13. The smallest absolute Gasteiger partial charge is 0.268 e. The number of aliphatic hydroxyl groups is 1. The molecule has 2 N–H and O–H groups in total. The monoisotopic (exact) mass is 1160 g/mol. The van der Waals surface area contributed by atoms with Crippen molar-refractivity contribution in [3.8, 4) is 0 Å². The number of quaternary nitrogens is 1. The highest BCUT2D eigenvalue weighted by Gasteiger charge is 2.24. The van der Waals surface area contributed by atoms with Crippen LogP contribution < -0.4 is 10.2 Å². The fraction of sp³-hybridized carbons (Fsp3) is 0.767. The van der Waals surface area contributed by atoms with Gasteiger partial charge in [0, 0.05) is 6.42 Å². The number of allylic oxidation sites excluding steroid dienone is 16. The van der Waals surface area contributed by atoms with E-state index in [4.69, 9.17) is 9.05 Å². The molecule has 8 nitrogen and oxygen atoms in total. The van der Waals surface area contributed by atoms with Gasteiger partial charge in [-0.05, 0) is 77.0 Å². The van der Waals surface area contributed by atoms with Crippen LogP contribution in [0.25, 0.3) is 0 Å². The fourth-order valence-corrected chi connectivity index (χ4v) is 10.7. The van der Waals surface area contributed by atoms with Crippen molar-refractivity contribution in [3.63, 3.8) is 0 Å². The van der Waals surface area contributed by atoms with Crippen molar-refractivity contribution in [2.24, 2.45) is 0 Å². The molecule has 0 spiro atoms. The lowest BCUT2D eigenvalue weighted by molar-refractivity contribution is -0.870. The molecule has 0 aromatic rings. The summed E-state index contributed by atoms with van der Waals surface area (Å²) in [7, 11) is 1.28. The first-order chi connectivity index (χ1) is 40.0. The van der Waals surface area contributed by atoms with Crippen LogP contribution in [-0.4, -0.2) is 68.5 Å². The quantitative estimate of drug-likeness (QED) is 0.0272. The van der Waals surface area contributed by atoms with Crippen LogP contribution in [0.2, 0.25) is 0 Å². The van der Waals surface area contributed by atoms with E-state index >= 15 is 0 Å². The lowest BCUT2D eigenvalue weighted by atomic mass is 10.0. The number of rotatable bonds is 63. The van der Waals surface area contributed by atoms with E-state index in [0.717, 1.165) is 103 Å². The summed E-state index contributed by atoms with van der Waals surface area (Å²) in [5.41, 5.74) is 0. The largest absolute Gasteiger partial charge is 0.756 e. The highest BCUT2D eigenvalue weighted by atomic mass is 31.2. The Labute approximate surface area is 509 Å². The van der Waals surface area contributed by atoms with Crippen molar-refractivity contribution in [3.05, 3.63) is 97.2 Å². The Morgan fingerprint density at radius 2 is 0.744 bits per heavy atom. The van der Waals surface area contributed by atoms with E-state index < -0.39 is 20.0 Å². The topological polar surface area (TPSA) is 108 Å². The third-order valence-electron chi connectivity index (χ3n) is 15.3. The summed E-state index contributed by atoms with van der Waals surface area (Å²) in [6.45, 7) is 4.61. The molecule has 476 valence electrons. The van der Waals surface area contributed by atoms with E-state index in [2.05, 4.69) is 116 Å². The number of unbranched alkanes of at least 4 members (excludes halogenated alkanes) is 34. The second-order valence-corrected chi connectivity index (χ2v) is 25.9. The predicted molar refractivity (Wildman–Crippen MR) is 357 cm³/mol. The molecule has 0 saturated carbocycles. The lowest BCUT2D eigenvalue weighted by Crippen LogP contribution is -2.46. The summed E-state index contributed by atoms with van der Waals surface area (Å²) >= 11 is 0. The minimum absolute atomic E-state index is 0.00209. The molecule has 0 fully saturated rings. The van der Waals surface area contributed by atoms with Gasteiger partial charge in [0.05, 0.1) is 39.9 Å². The van der Waals surface area contributed by atoms with Gasteiger partial charge in [-0.3, -0.25) is 9.36 Å². The van der Waals surface area contributed by atoms with Gasteiger partial charge in [0.1, 0.15) is 13.2 Å². The van der Waals surface area contributed by atoms with Crippen LogP contribution in [0, 0.1) is 0 Å². The molecule has 0 aliphatic heterocycles. The number of carbonyl (C=O) groups is 1. The molecule has 0 rings (SSSR count). The third-order valence-corrected chi connectivity index (χ3v) is 16.3. The first-order valence-corrected chi connectivity index (χ1v) is 36.0. The molecule has 82 heavy (non-hydrogen) atoms. The highest BCUT2D eigenvalue weighted by Crippen LogP contribution is 2.38. The zero-order valence-electron chi connectivity index (χ0n) is 54.4. The molecule has 0 aliphatic rings. The van der Waals surface area contributed by atoms with Gasteiger partial charge in [0.25, 0.3) is 7.82 Å². The molecule has 0 heterocycles. The van der Waals surface area contributed by atoms with Crippen LogP contribution in [0.1, 0.15) is 309 Å². The maximum absolute atomic E-state index is 13.0. The van der Waals surface area contributed by atoms with Crippen LogP contribution in [0.4, 0.5) is 0 Å². The van der Waals surface area contributed by atoms with E-state index in [0.29, 0.717) is 23.9 Å². The summed E-state index contributed by atoms with van der Waals surface area (Å²) in [6.07, 6.45) is 90.5. The third kappa shape index (κ3) is 65.0. The van der Waals surface area contributed by atoms with Gasteiger partial charge < -0.3 is 28.8 Å². The minimum atomic E-state index is -4.60. The van der Waals surface area contributed by atoms with Crippen molar-refractivity contribution in [2.45, 2.75) is 321 Å². The van der Waals surface area contributed by atoms with Gasteiger partial charge in [-0.1, -0.05) is 323 Å². The second kappa shape index (κ2) is 62.9. The Morgan fingerprint density at radius 3 is 1.09 bits per heavy atom. The Morgan fingerprint density at radius 1 is 0.439 bits per heavy atom. The fourth-order valence-electron chi connectivity index (χ4n) is 10.0. The molecule has 3 atom stereocenters. The first kappa shape index (κ1) is 79.4. The molecule has 0 aliphatic carbocycles. The van der Waals surface area contributed by atoms with Crippen molar-refractivity contribution in [2.75, 3.05) is 40.9 Å². The van der Waals surface area contributed by atoms with Crippen molar-refractivity contribution in [1.82, 2.24) is 5.32 Å². The molecule has 0 aromatic heterocycles. The predicted octanol–water partition coefficient (Wildman–Crippen LogP) is 21.5. The van der Waals surface area contributed by atoms with Gasteiger partial charge in [0.15, 0.2) is 0 Å². The molecular weight excluding hydrogens is 1030 g/mol. The molecular formula is C73H133N2O6P.